The Morgan fingerprint density at radius 2 is 2.38 bits per heavy atom. The first-order valence-electron chi connectivity index (χ1n) is 5.18. The monoisotopic (exact) mass is 280 g/mol. The van der Waals surface area contributed by atoms with Crippen LogP contribution < -0.4 is 5.32 Å². The molecule has 16 heavy (non-hydrogen) atoms. The van der Waals surface area contributed by atoms with Gasteiger partial charge in [0.2, 0.25) is 0 Å². The van der Waals surface area contributed by atoms with E-state index in [1.807, 2.05) is 24.4 Å². The standard InChI is InChI=1S/C11H13BrN4/c1-2-8(11-13-6-7-14-11)15-10-5-3-4-9(12)16-10/h3-8H,2H2,1H3,(H,13,14)(H,15,16). The molecule has 0 aliphatic rings. The van der Waals surface area contributed by atoms with Crippen LogP contribution in [0.5, 0.6) is 0 Å². The molecule has 0 bridgehead atoms. The smallest absolute Gasteiger partial charge is 0.128 e. The summed E-state index contributed by atoms with van der Waals surface area (Å²) in [7, 11) is 0. The van der Waals surface area contributed by atoms with Gasteiger partial charge in [0.1, 0.15) is 16.2 Å². The molecule has 0 amide bonds. The Morgan fingerprint density at radius 1 is 1.50 bits per heavy atom. The lowest BCUT2D eigenvalue weighted by Crippen LogP contribution is -2.12. The number of nitrogens with zero attached hydrogens (tertiary/aromatic N) is 2. The van der Waals surface area contributed by atoms with E-state index in [-0.39, 0.29) is 6.04 Å². The Kier molecular flexibility index (Phi) is 3.56. The lowest BCUT2D eigenvalue weighted by Gasteiger charge is -2.15. The van der Waals surface area contributed by atoms with Crippen LogP contribution in [-0.4, -0.2) is 15.0 Å². The third kappa shape index (κ3) is 2.61. The van der Waals surface area contributed by atoms with Crippen LogP contribution in [-0.2, 0) is 0 Å². The highest BCUT2D eigenvalue weighted by molar-refractivity contribution is 9.10. The maximum atomic E-state index is 4.33. The van der Waals surface area contributed by atoms with Gasteiger partial charge in [0.05, 0.1) is 6.04 Å². The highest BCUT2D eigenvalue weighted by Gasteiger charge is 2.11. The topological polar surface area (TPSA) is 53.6 Å². The average molecular weight is 281 g/mol. The van der Waals surface area contributed by atoms with Gasteiger partial charge in [0.15, 0.2) is 0 Å². The number of anilines is 1. The van der Waals surface area contributed by atoms with Crippen molar-refractivity contribution in [3.8, 4) is 0 Å². The molecule has 0 saturated carbocycles. The van der Waals surface area contributed by atoms with Gasteiger partial charge in [-0.05, 0) is 34.5 Å². The molecule has 2 N–H and O–H groups in total. The van der Waals surface area contributed by atoms with Gasteiger partial charge in [-0.2, -0.15) is 0 Å². The third-order valence-electron chi connectivity index (χ3n) is 2.29. The van der Waals surface area contributed by atoms with Crippen LogP contribution in [0.3, 0.4) is 0 Å². The number of rotatable bonds is 4. The molecular weight excluding hydrogens is 268 g/mol. The Hall–Kier alpha value is -1.36. The maximum Gasteiger partial charge on any atom is 0.128 e. The second-order valence-electron chi connectivity index (χ2n) is 3.43. The fraction of sp³-hybridized carbons (Fsp3) is 0.273. The van der Waals surface area contributed by atoms with Gasteiger partial charge in [-0.1, -0.05) is 13.0 Å². The SMILES string of the molecule is CCC(Nc1cccc(Br)n1)c1ncc[nH]1. The zero-order valence-corrected chi connectivity index (χ0v) is 10.5. The summed E-state index contributed by atoms with van der Waals surface area (Å²) in [5.41, 5.74) is 0. The van der Waals surface area contributed by atoms with Crippen LogP contribution in [0.2, 0.25) is 0 Å². The van der Waals surface area contributed by atoms with Crippen molar-refractivity contribution in [1.29, 1.82) is 0 Å². The highest BCUT2D eigenvalue weighted by atomic mass is 79.9. The number of hydrogen-bond acceptors (Lipinski definition) is 3. The summed E-state index contributed by atoms with van der Waals surface area (Å²) >= 11 is 3.35. The summed E-state index contributed by atoms with van der Waals surface area (Å²) in [6, 6.07) is 5.96. The first kappa shape index (κ1) is 11.1. The third-order valence-corrected chi connectivity index (χ3v) is 2.74. The molecule has 0 radical (unpaired) electrons. The molecule has 0 aromatic carbocycles. The average Bonchev–Trinajstić information content (AvgIpc) is 2.79. The summed E-state index contributed by atoms with van der Waals surface area (Å²) in [6.45, 7) is 2.11. The van der Waals surface area contributed by atoms with Crippen molar-refractivity contribution in [3.05, 3.63) is 41.0 Å². The largest absolute Gasteiger partial charge is 0.360 e. The number of nitrogens with one attached hydrogen (secondary N) is 2. The fourth-order valence-electron chi connectivity index (χ4n) is 1.50. The Balaban J connectivity index is 2.13. The van der Waals surface area contributed by atoms with Crippen molar-refractivity contribution < 1.29 is 0 Å². The van der Waals surface area contributed by atoms with Crippen molar-refractivity contribution in [2.24, 2.45) is 0 Å². The number of hydrogen-bond donors (Lipinski definition) is 2. The molecule has 5 heteroatoms. The van der Waals surface area contributed by atoms with Crippen molar-refractivity contribution in [2.45, 2.75) is 19.4 Å². The maximum absolute atomic E-state index is 4.33. The summed E-state index contributed by atoms with van der Waals surface area (Å²) < 4.78 is 0.826. The van der Waals surface area contributed by atoms with Crippen molar-refractivity contribution in [2.75, 3.05) is 5.32 Å². The number of imidazole rings is 1. The lowest BCUT2D eigenvalue weighted by atomic mass is 10.2. The first-order chi connectivity index (χ1) is 7.79. The zero-order chi connectivity index (χ0) is 11.4. The summed E-state index contributed by atoms with van der Waals surface area (Å²) in [5.74, 6) is 1.78. The molecule has 84 valence electrons. The van der Waals surface area contributed by atoms with Gasteiger partial charge in [0.25, 0.3) is 0 Å². The Morgan fingerprint density at radius 3 is 3.00 bits per heavy atom. The molecular formula is C11H13BrN4. The van der Waals surface area contributed by atoms with Crippen LogP contribution in [0, 0.1) is 0 Å². The van der Waals surface area contributed by atoms with Crippen LogP contribution in [0.15, 0.2) is 35.2 Å². The van der Waals surface area contributed by atoms with Crippen molar-refractivity contribution >= 4 is 21.7 Å². The van der Waals surface area contributed by atoms with Gasteiger partial charge in [-0.25, -0.2) is 9.97 Å². The molecule has 0 aliphatic carbocycles. The highest BCUT2D eigenvalue weighted by Crippen LogP contribution is 2.19. The molecule has 2 aromatic heterocycles. The summed E-state index contributed by atoms with van der Waals surface area (Å²) in [4.78, 5) is 11.7. The molecule has 0 spiro atoms. The van der Waals surface area contributed by atoms with Gasteiger partial charge < -0.3 is 10.3 Å². The van der Waals surface area contributed by atoms with Crippen LogP contribution in [0.4, 0.5) is 5.82 Å². The van der Waals surface area contributed by atoms with E-state index in [1.165, 1.54) is 0 Å². The van der Waals surface area contributed by atoms with Gasteiger partial charge in [0, 0.05) is 12.4 Å². The van der Waals surface area contributed by atoms with E-state index in [4.69, 9.17) is 0 Å². The molecule has 0 aliphatic heterocycles. The molecule has 1 unspecified atom stereocenters. The van der Waals surface area contributed by atoms with Gasteiger partial charge in [-0.3, -0.25) is 0 Å². The number of H-pyrrole nitrogens is 1. The fourth-order valence-corrected chi connectivity index (χ4v) is 1.84. The summed E-state index contributed by atoms with van der Waals surface area (Å²) in [5, 5.41) is 3.34. The number of halogens is 1. The van der Waals surface area contributed by atoms with E-state index in [0.717, 1.165) is 22.7 Å². The van der Waals surface area contributed by atoms with E-state index in [1.54, 1.807) is 6.20 Å². The molecule has 1 atom stereocenters. The Labute approximate surface area is 103 Å². The minimum absolute atomic E-state index is 0.164. The number of aromatic nitrogens is 3. The van der Waals surface area contributed by atoms with Crippen molar-refractivity contribution in [3.63, 3.8) is 0 Å². The van der Waals surface area contributed by atoms with Gasteiger partial charge in [-0.15, -0.1) is 0 Å². The van der Waals surface area contributed by atoms with Crippen molar-refractivity contribution in [1.82, 2.24) is 15.0 Å². The molecule has 2 heterocycles. The first-order valence-corrected chi connectivity index (χ1v) is 5.97. The van der Waals surface area contributed by atoms with E-state index in [2.05, 4.69) is 43.1 Å². The van der Waals surface area contributed by atoms with Crippen LogP contribution >= 0.6 is 15.9 Å². The number of pyridine rings is 1. The normalized spacial score (nSPS) is 12.4. The predicted molar refractivity (Wildman–Crippen MR) is 67.2 cm³/mol. The molecule has 0 fully saturated rings. The minimum atomic E-state index is 0.164. The summed E-state index contributed by atoms with van der Waals surface area (Å²) in [6.07, 6.45) is 4.53. The van der Waals surface area contributed by atoms with Crippen LogP contribution in [0.1, 0.15) is 25.2 Å². The minimum Gasteiger partial charge on any atom is -0.360 e. The molecule has 2 rings (SSSR count). The predicted octanol–water partition coefficient (Wildman–Crippen LogP) is 3.13. The van der Waals surface area contributed by atoms with E-state index < -0.39 is 0 Å². The molecule has 4 nitrogen and oxygen atoms in total. The zero-order valence-electron chi connectivity index (χ0n) is 8.94. The van der Waals surface area contributed by atoms with E-state index in [0.29, 0.717) is 0 Å². The lowest BCUT2D eigenvalue weighted by molar-refractivity contribution is 0.700. The quantitative estimate of drug-likeness (QED) is 0.846. The second kappa shape index (κ2) is 5.12. The van der Waals surface area contributed by atoms with E-state index in [9.17, 15) is 0 Å². The molecule has 0 saturated heterocycles. The van der Waals surface area contributed by atoms with Gasteiger partial charge >= 0.3 is 0 Å². The molecule has 2 aromatic rings. The second-order valence-corrected chi connectivity index (χ2v) is 4.24. The van der Waals surface area contributed by atoms with Crippen LogP contribution in [0.25, 0.3) is 0 Å². The Bertz CT molecular complexity index is 441. The van der Waals surface area contributed by atoms with E-state index >= 15 is 0 Å². The number of aromatic amines is 1.